The van der Waals surface area contributed by atoms with Gasteiger partial charge in [-0.25, -0.2) is 4.39 Å². The molecule has 6 nitrogen and oxygen atoms in total. The van der Waals surface area contributed by atoms with Gasteiger partial charge in [0.25, 0.3) is 5.91 Å². The lowest BCUT2D eigenvalue weighted by Crippen LogP contribution is -2.26. The van der Waals surface area contributed by atoms with E-state index in [0.29, 0.717) is 22.6 Å². The first-order chi connectivity index (χ1) is 15.5. The second kappa shape index (κ2) is 9.09. The van der Waals surface area contributed by atoms with Gasteiger partial charge in [0.1, 0.15) is 17.3 Å². The number of fused-ring (bicyclic) bond motifs is 1. The van der Waals surface area contributed by atoms with E-state index in [4.69, 9.17) is 9.47 Å². The average molecular weight is 434 g/mol. The largest absolute Gasteiger partial charge is 0.497 e. The van der Waals surface area contributed by atoms with Crippen molar-refractivity contribution in [3.05, 3.63) is 88.7 Å². The van der Waals surface area contributed by atoms with Crippen LogP contribution in [0.2, 0.25) is 0 Å². The fourth-order valence-corrected chi connectivity index (χ4v) is 3.81. The zero-order valence-corrected chi connectivity index (χ0v) is 17.9. The molecule has 1 aliphatic rings. The minimum atomic E-state index is -0.339. The number of hydrogen-bond donors (Lipinski definition) is 1. The van der Waals surface area contributed by atoms with E-state index in [2.05, 4.69) is 5.32 Å². The third-order valence-electron chi connectivity index (χ3n) is 5.43. The quantitative estimate of drug-likeness (QED) is 0.613. The molecule has 1 aliphatic heterocycles. The van der Waals surface area contributed by atoms with Crippen LogP contribution >= 0.6 is 0 Å². The molecule has 2 amide bonds. The monoisotopic (exact) mass is 434 g/mol. The van der Waals surface area contributed by atoms with Gasteiger partial charge in [0.15, 0.2) is 0 Å². The Hall–Kier alpha value is -3.87. The summed E-state index contributed by atoms with van der Waals surface area (Å²) in [6, 6.07) is 16.8. The third-order valence-corrected chi connectivity index (χ3v) is 5.43. The van der Waals surface area contributed by atoms with E-state index < -0.39 is 0 Å². The number of nitrogens with one attached hydrogen (secondary N) is 1. The van der Waals surface area contributed by atoms with Crippen molar-refractivity contribution in [2.75, 3.05) is 19.1 Å². The number of ether oxygens (including phenoxy) is 2. The number of halogens is 1. The number of rotatable bonds is 7. The van der Waals surface area contributed by atoms with Crippen LogP contribution in [0.25, 0.3) is 0 Å². The molecule has 1 N–H and O–H groups in total. The normalized spacial score (nSPS) is 12.5. The predicted octanol–water partition coefficient (Wildman–Crippen LogP) is 3.86. The molecule has 0 saturated heterocycles. The molecule has 3 aromatic carbocycles. The maximum absolute atomic E-state index is 13.5. The van der Waals surface area contributed by atoms with E-state index in [0.717, 1.165) is 16.8 Å². The molecule has 1 heterocycles. The van der Waals surface area contributed by atoms with Gasteiger partial charge in [-0.05, 0) is 59.7 Å². The molecule has 0 unspecified atom stereocenters. The lowest BCUT2D eigenvalue weighted by molar-refractivity contribution is -0.117. The highest BCUT2D eigenvalue weighted by atomic mass is 19.1. The van der Waals surface area contributed by atoms with Gasteiger partial charge in [-0.15, -0.1) is 0 Å². The summed E-state index contributed by atoms with van der Waals surface area (Å²) in [5.74, 6) is 0.647. The summed E-state index contributed by atoms with van der Waals surface area (Å²) in [5, 5.41) is 2.89. The molecule has 0 spiro atoms. The van der Waals surface area contributed by atoms with Crippen molar-refractivity contribution in [3.8, 4) is 11.5 Å². The fourth-order valence-electron chi connectivity index (χ4n) is 3.81. The van der Waals surface area contributed by atoms with E-state index in [1.54, 1.807) is 61.6 Å². The highest BCUT2D eigenvalue weighted by molar-refractivity contribution is 6.03. The van der Waals surface area contributed by atoms with Gasteiger partial charge in [0.2, 0.25) is 5.91 Å². The zero-order valence-electron chi connectivity index (χ0n) is 17.9. The molecule has 0 saturated carbocycles. The van der Waals surface area contributed by atoms with Crippen molar-refractivity contribution in [2.24, 2.45) is 0 Å². The molecule has 32 heavy (non-hydrogen) atoms. The lowest BCUT2D eigenvalue weighted by atomic mass is 10.1. The Labute approximate surface area is 185 Å². The molecule has 3 aromatic rings. The number of hydrogen-bond acceptors (Lipinski definition) is 4. The summed E-state index contributed by atoms with van der Waals surface area (Å²) in [6.45, 7) is 0.547. The second-order valence-corrected chi connectivity index (χ2v) is 7.49. The van der Waals surface area contributed by atoms with Crippen LogP contribution < -0.4 is 19.7 Å². The average Bonchev–Trinajstić information content (AvgIpc) is 3.11. The molecule has 4 rings (SSSR count). The molecule has 0 fully saturated rings. The first-order valence-electron chi connectivity index (χ1n) is 10.2. The van der Waals surface area contributed by atoms with Crippen LogP contribution in [0.4, 0.5) is 10.1 Å². The minimum Gasteiger partial charge on any atom is -0.497 e. The molecule has 0 aliphatic carbocycles. The van der Waals surface area contributed by atoms with Crippen molar-refractivity contribution < 1.29 is 23.5 Å². The van der Waals surface area contributed by atoms with Crippen LogP contribution in [-0.2, 0) is 24.3 Å². The Balaban J connectivity index is 1.48. The molecule has 0 bridgehead atoms. The van der Waals surface area contributed by atoms with Crippen LogP contribution in [0.3, 0.4) is 0 Å². The van der Waals surface area contributed by atoms with Crippen molar-refractivity contribution in [2.45, 2.75) is 19.5 Å². The Bertz CT molecular complexity index is 1180. The molecule has 0 atom stereocenters. The molecular weight excluding hydrogens is 411 g/mol. The van der Waals surface area contributed by atoms with E-state index in [1.165, 1.54) is 12.1 Å². The first-order valence-corrected chi connectivity index (χ1v) is 10.2. The predicted molar refractivity (Wildman–Crippen MR) is 118 cm³/mol. The number of nitrogens with zero attached hydrogens (tertiary/aromatic N) is 1. The van der Waals surface area contributed by atoms with Gasteiger partial charge < -0.3 is 19.7 Å². The molecule has 0 aromatic heterocycles. The Kier molecular flexibility index (Phi) is 6.07. The van der Waals surface area contributed by atoms with E-state index in [9.17, 15) is 14.0 Å². The maximum Gasteiger partial charge on any atom is 0.251 e. The summed E-state index contributed by atoms with van der Waals surface area (Å²) in [4.78, 5) is 26.9. The zero-order chi connectivity index (χ0) is 22.7. The first kappa shape index (κ1) is 21.4. The summed E-state index contributed by atoms with van der Waals surface area (Å²) in [6.07, 6.45) is 0.204. The SMILES string of the molecule is COc1ccc(OC)c(CNC(=O)c2ccc3c(c2)CC(=O)N3Cc2cccc(F)c2)c1. The smallest absolute Gasteiger partial charge is 0.251 e. The standard InChI is InChI=1S/C25H23FN2O4/c1-31-21-7-9-23(32-2)19(12-21)14-27-25(30)17-6-8-22-18(11-17)13-24(29)28(22)15-16-4-3-5-20(26)10-16/h3-12H,13-15H2,1-2H3,(H,27,30). The molecule has 0 radical (unpaired) electrons. The van der Waals surface area contributed by atoms with Crippen LogP contribution in [0.1, 0.15) is 27.0 Å². The van der Waals surface area contributed by atoms with Gasteiger partial charge in [-0.1, -0.05) is 12.1 Å². The van der Waals surface area contributed by atoms with Gasteiger partial charge >= 0.3 is 0 Å². The van der Waals surface area contributed by atoms with Gasteiger partial charge in [0.05, 0.1) is 27.2 Å². The van der Waals surface area contributed by atoms with Crippen LogP contribution in [-0.4, -0.2) is 26.0 Å². The number of carbonyl (C=O) groups is 2. The summed E-state index contributed by atoms with van der Waals surface area (Å²) >= 11 is 0. The van der Waals surface area contributed by atoms with Crippen molar-refractivity contribution in [1.82, 2.24) is 5.32 Å². The number of benzene rings is 3. The number of amides is 2. The van der Waals surface area contributed by atoms with Gasteiger partial charge in [-0.3, -0.25) is 9.59 Å². The van der Waals surface area contributed by atoms with Crippen LogP contribution in [0.5, 0.6) is 11.5 Å². The van der Waals surface area contributed by atoms with Gasteiger partial charge in [0, 0.05) is 23.4 Å². The molecule has 164 valence electrons. The highest BCUT2D eigenvalue weighted by Gasteiger charge is 2.28. The summed E-state index contributed by atoms with van der Waals surface area (Å²) in [5.41, 5.74) is 3.48. The van der Waals surface area contributed by atoms with Crippen LogP contribution in [0.15, 0.2) is 60.7 Å². The molecular formula is C25H23FN2O4. The summed E-state index contributed by atoms with van der Waals surface area (Å²) in [7, 11) is 3.15. The van der Waals surface area contributed by atoms with Gasteiger partial charge in [-0.2, -0.15) is 0 Å². The number of carbonyl (C=O) groups excluding carboxylic acids is 2. The summed E-state index contributed by atoms with van der Waals surface area (Å²) < 4.78 is 24.1. The van der Waals surface area contributed by atoms with E-state index in [-0.39, 0.29) is 37.1 Å². The third kappa shape index (κ3) is 4.42. The van der Waals surface area contributed by atoms with Crippen molar-refractivity contribution >= 4 is 17.5 Å². The number of methoxy groups -OCH3 is 2. The Morgan fingerprint density at radius 1 is 1.06 bits per heavy atom. The number of anilines is 1. The Morgan fingerprint density at radius 2 is 1.91 bits per heavy atom. The van der Waals surface area contributed by atoms with Crippen molar-refractivity contribution in [1.29, 1.82) is 0 Å². The topological polar surface area (TPSA) is 67.9 Å². The van der Waals surface area contributed by atoms with Crippen LogP contribution in [0, 0.1) is 5.82 Å². The highest BCUT2D eigenvalue weighted by Crippen LogP contribution is 2.31. The van der Waals surface area contributed by atoms with E-state index >= 15 is 0 Å². The van der Waals surface area contributed by atoms with Crippen molar-refractivity contribution in [3.63, 3.8) is 0 Å². The minimum absolute atomic E-state index is 0.0806. The fraction of sp³-hybridized carbons (Fsp3) is 0.200. The maximum atomic E-state index is 13.5. The lowest BCUT2D eigenvalue weighted by Gasteiger charge is -2.18. The second-order valence-electron chi connectivity index (χ2n) is 7.49. The molecule has 7 heteroatoms. The Morgan fingerprint density at radius 3 is 2.66 bits per heavy atom. The van der Waals surface area contributed by atoms with E-state index in [1.807, 2.05) is 6.07 Å².